The van der Waals surface area contributed by atoms with Crippen molar-refractivity contribution in [2.75, 3.05) is 44.2 Å². The van der Waals surface area contributed by atoms with Crippen molar-refractivity contribution in [3.8, 4) is 23.0 Å². The first-order chi connectivity index (χ1) is 17.5. The Balaban J connectivity index is 1.40. The zero-order valence-corrected chi connectivity index (χ0v) is 20.7. The summed E-state index contributed by atoms with van der Waals surface area (Å²) in [5.74, 6) is 2.06. The highest BCUT2D eigenvalue weighted by Gasteiger charge is 2.25. The monoisotopic (exact) mass is 490 g/mol. The third-order valence-corrected chi connectivity index (χ3v) is 5.93. The third-order valence-electron chi connectivity index (χ3n) is 5.93. The van der Waals surface area contributed by atoms with Gasteiger partial charge in [-0.25, -0.2) is 0 Å². The molecular formula is C28H30N2O6. The van der Waals surface area contributed by atoms with Crippen LogP contribution >= 0.6 is 0 Å². The van der Waals surface area contributed by atoms with E-state index in [1.165, 1.54) is 14.2 Å². The number of anilines is 2. The van der Waals surface area contributed by atoms with E-state index in [1.54, 1.807) is 41.3 Å². The van der Waals surface area contributed by atoms with E-state index >= 15 is 0 Å². The molecule has 1 aliphatic rings. The zero-order valence-electron chi connectivity index (χ0n) is 20.7. The zero-order chi connectivity index (χ0) is 25.5. The predicted octanol–water partition coefficient (Wildman–Crippen LogP) is 4.85. The van der Waals surface area contributed by atoms with Gasteiger partial charge in [0.15, 0.2) is 18.1 Å². The number of nitrogens with zero attached hydrogens (tertiary/aromatic N) is 1. The second kappa shape index (κ2) is 11.5. The first-order valence-electron chi connectivity index (χ1n) is 11.8. The number of methoxy groups -OCH3 is 2. The van der Waals surface area contributed by atoms with E-state index in [2.05, 4.69) is 5.32 Å². The number of unbranched alkanes of at least 4 members (excludes halogenated alkanes) is 1. The number of rotatable bonds is 10. The van der Waals surface area contributed by atoms with Crippen molar-refractivity contribution >= 4 is 23.2 Å². The summed E-state index contributed by atoms with van der Waals surface area (Å²) in [6, 6.07) is 18.1. The number of fused-ring (bicyclic) bond motifs is 1. The van der Waals surface area contributed by atoms with Crippen LogP contribution < -0.4 is 29.2 Å². The lowest BCUT2D eigenvalue weighted by Gasteiger charge is -2.30. The highest BCUT2D eigenvalue weighted by atomic mass is 16.5. The van der Waals surface area contributed by atoms with Crippen LogP contribution in [0.4, 0.5) is 11.4 Å². The fourth-order valence-electron chi connectivity index (χ4n) is 3.98. The largest absolute Gasteiger partial charge is 0.493 e. The molecule has 3 aromatic rings. The van der Waals surface area contributed by atoms with E-state index in [0.29, 0.717) is 47.3 Å². The van der Waals surface area contributed by atoms with Crippen LogP contribution in [0.25, 0.3) is 0 Å². The van der Waals surface area contributed by atoms with Gasteiger partial charge in [-0.2, -0.15) is 0 Å². The summed E-state index contributed by atoms with van der Waals surface area (Å²) in [5, 5.41) is 2.88. The van der Waals surface area contributed by atoms with Crippen LogP contribution in [-0.2, 0) is 4.79 Å². The number of para-hydroxylation sites is 1. The van der Waals surface area contributed by atoms with Crippen molar-refractivity contribution in [3.05, 3.63) is 71.8 Å². The quantitative estimate of drug-likeness (QED) is 0.409. The maximum Gasteiger partial charge on any atom is 0.265 e. The van der Waals surface area contributed by atoms with Crippen LogP contribution in [0.15, 0.2) is 60.7 Å². The second-order valence-electron chi connectivity index (χ2n) is 8.36. The van der Waals surface area contributed by atoms with E-state index in [4.69, 9.17) is 18.9 Å². The lowest BCUT2D eigenvalue weighted by molar-refractivity contribution is -0.121. The lowest BCUT2D eigenvalue weighted by Crippen LogP contribution is -2.39. The van der Waals surface area contributed by atoms with Gasteiger partial charge in [-0.05, 0) is 67.8 Å². The molecule has 4 rings (SSSR count). The number of ether oxygens (including phenoxy) is 4. The molecule has 3 aromatic carbocycles. The molecule has 0 atom stereocenters. The normalized spacial score (nSPS) is 12.4. The number of carbonyl (C=O) groups excluding carboxylic acids is 2. The minimum Gasteiger partial charge on any atom is -0.493 e. The first-order valence-corrected chi connectivity index (χ1v) is 11.8. The Morgan fingerprint density at radius 3 is 2.56 bits per heavy atom. The Labute approximate surface area is 210 Å². The molecule has 8 heteroatoms. The average molecular weight is 491 g/mol. The Kier molecular flexibility index (Phi) is 7.95. The topological polar surface area (TPSA) is 86.3 Å². The van der Waals surface area contributed by atoms with Gasteiger partial charge in [-0.3, -0.25) is 9.59 Å². The minimum absolute atomic E-state index is 0.00986. The molecule has 0 saturated carbocycles. The molecule has 8 nitrogen and oxygen atoms in total. The molecule has 0 saturated heterocycles. The predicted molar refractivity (Wildman–Crippen MR) is 138 cm³/mol. The summed E-state index contributed by atoms with van der Waals surface area (Å²) in [7, 11) is 3.06. The molecule has 1 heterocycles. The minimum atomic E-state index is -0.307. The Bertz CT molecular complexity index is 1240. The van der Waals surface area contributed by atoms with Crippen molar-refractivity contribution in [2.45, 2.75) is 19.8 Å². The number of benzene rings is 3. The number of carbonyl (C=O) groups is 2. The van der Waals surface area contributed by atoms with Crippen LogP contribution in [0.3, 0.4) is 0 Å². The van der Waals surface area contributed by atoms with Gasteiger partial charge < -0.3 is 29.2 Å². The Hall–Kier alpha value is -4.20. The number of hydrogen-bond donors (Lipinski definition) is 1. The molecule has 0 radical (unpaired) electrons. The SMILES string of the molecule is COc1ccc(C(=O)Nc2ccc3c(c2)N(CCCCOc2ccccc2C)C(=O)CO3)cc1OC. The summed E-state index contributed by atoms with van der Waals surface area (Å²) in [6.07, 6.45) is 1.56. The van der Waals surface area contributed by atoms with Gasteiger partial charge in [0.1, 0.15) is 11.5 Å². The second-order valence-corrected chi connectivity index (χ2v) is 8.36. The average Bonchev–Trinajstić information content (AvgIpc) is 2.90. The van der Waals surface area contributed by atoms with Gasteiger partial charge >= 0.3 is 0 Å². The molecule has 0 aliphatic carbocycles. The molecule has 188 valence electrons. The number of amides is 2. The Morgan fingerprint density at radius 2 is 1.78 bits per heavy atom. The maximum absolute atomic E-state index is 12.8. The van der Waals surface area contributed by atoms with Crippen molar-refractivity contribution in [1.82, 2.24) is 0 Å². The van der Waals surface area contributed by atoms with Gasteiger partial charge in [-0.1, -0.05) is 18.2 Å². The van der Waals surface area contributed by atoms with E-state index in [0.717, 1.165) is 24.2 Å². The van der Waals surface area contributed by atoms with Crippen LogP contribution in [0.2, 0.25) is 0 Å². The van der Waals surface area contributed by atoms with Gasteiger partial charge in [-0.15, -0.1) is 0 Å². The molecule has 0 spiro atoms. The van der Waals surface area contributed by atoms with Crippen LogP contribution in [0.5, 0.6) is 23.0 Å². The van der Waals surface area contributed by atoms with Gasteiger partial charge in [0, 0.05) is 17.8 Å². The molecule has 0 fully saturated rings. The van der Waals surface area contributed by atoms with Crippen molar-refractivity contribution in [1.29, 1.82) is 0 Å². The highest BCUT2D eigenvalue weighted by Crippen LogP contribution is 2.35. The standard InChI is InChI=1S/C28H30N2O6/c1-19-8-4-5-9-23(19)35-15-7-6-14-30-22-17-21(11-13-24(22)36-18-27(30)31)29-28(32)20-10-12-25(33-2)26(16-20)34-3/h4-5,8-13,16-17H,6-7,14-15,18H2,1-3H3,(H,29,32). The summed E-state index contributed by atoms with van der Waals surface area (Å²) in [5.41, 5.74) is 2.71. The maximum atomic E-state index is 12.8. The van der Waals surface area contributed by atoms with Gasteiger partial charge in [0.25, 0.3) is 11.8 Å². The summed E-state index contributed by atoms with van der Waals surface area (Å²) < 4.78 is 22.0. The van der Waals surface area contributed by atoms with Crippen molar-refractivity contribution in [2.24, 2.45) is 0 Å². The fourth-order valence-corrected chi connectivity index (χ4v) is 3.98. The number of hydrogen-bond acceptors (Lipinski definition) is 6. The highest BCUT2D eigenvalue weighted by molar-refractivity contribution is 6.05. The van der Waals surface area contributed by atoms with Crippen LogP contribution in [-0.4, -0.2) is 45.8 Å². The molecule has 1 N–H and O–H groups in total. The molecule has 36 heavy (non-hydrogen) atoms. The number of aryl methyl sites for hydroxylation is 1. The van der Waals surface area contributed by atoms with Crippen molar-refractivity contribution < 1.29 is 28.5 Å². The molecular weight excluding hydrogens is 460 g/mol. The van der Waals surface area contributed by atoms with E-state index < -0.39 is 0 Å². The smallest absolute Gasteiger partial charge is 0.265 e. The first kappa shape index (κ1) is 24.9. The summed E-state index contributed by atoms with van der Waals surface area (Å²) in [6.45, 7) is 3.10. The summed E-state index contributed by atoms with van der Waals surface area (Å²) in [4.78, 5) is 27.2. The molecule has 0 aromatic heterocycles. The molecule has 0 unspecified atom stereocenters. The number of nitrogens with one attached hydrogen (secondary N) is 1. The van der Waals surface area contributed by atoms with E-state index in [-0.39, 0.29) is 18.4 Å². The fraction of sp³-hybridized carbons (Fsp3) is 0.286. The van der Waals surface area contributed by atoms with Crippen LogP contribution in [0, 0.1) is 6.92 Å². The molecule has 0 bridgehead atoms. The van der Waals surface area contributed by atoms with Crippen molar-refractivity contribution in [3.63, 3.8) is 0 Å². The Morgan fingerprint density at radius 1 is 0.972 bits per heavy atom. The lowest BCUT2D eigenvalue weighted by atomic mass is 10.1. The third kappa shape index (κ3) is 5.71. The van der Waals surface area contributed by atoms with Gasteiger partial charge in [0.2, 0.25) is 0 Å². The van der Waals surface area contributed by atoms with E-state index in [1.807, 2.05) is 31.2 Å². The van der Waals surface area contributed by atoms with Crippen LogP contribution in [0.1, 0.15) is 28.8 Å². The molecule has 2 amide bonds. The van der Waals surface area contributed by atoms with E-state index in [9.17, 15) is 9.59 Å². The van der Waals surface area contributed by atoms with Gasteiger partial charge in [0.05, 0.1) is 26.5 Å². The molecule has 1 aliphatic heterocycles. The summed E-state index contributed by atoms with van der Waals surface area (Å²) >= 11 is 0.